The first kappa shape index (κ1) is 19.7. The number of ether oxygens (including phenoxy) is 1. The predicted molar refractivity (Wildman–Crippen MR) is 106 cm³/mol. The van der Waals surface area contributed by atoms with Crippen LogP contribution in [0.4, 0.5) is 0 Å². The zero-order valence-electron chi connectivity index (χ0n) is 15.0. The second kappa shape index (κ2) is 9.16. The molecule has 1 amide bonds. The van der Waals surface area contributed by atoms with Crippen LogP contribution in [0.2, 0.25) is 5.02 Å². The van der Waals surface area contributed by atoms with E-state index in [4.69, 9.17) is 16.3 Å². The third-order valence-corrected chi connectivity index (χ3v) is 5.41. The molecule has 25 heavy (non-hydrogen) atoms. The van der Waals surface area contributed by atoms with Gasteiger partial charge in [0.2, 0.25) is 5.91 Å². The zero-order chi connectivity index (χ0) is 18.4. The number of carbonyl (C=O) groups excluding carboxylic acids is 1. The highest BCUT2D eigenvalue weighted by Crippen LogP contribution is 2.27. The smallest absolute Gasteiger partial charge is 0.233 e. The molecule has 0 fully saturated rings. The van der Waals surface area contributed by atoms with Crippen LogP contribution in [0, 0.1) is 6.92 Å². The first-order valence-electron chi connectivity index (χ1n) is 8.31. The van der Waals surface area contributed by atoms with Crippen molar-refractivity contribution in [2.45, 2.75) is 43.4 Å². The summed E-state index contributed by atoms with van der Waals surface area (Å²) in [4.78, 5) is 13.6. The third-order valence-electron chi connectivity index (χ3n) is 4.04. The largest absolute Gasteiger partial charge is 0.496 e. The van der Waals surface area contributed by atoms with Gasteiger partial charge < -0.3 is 10.1 Å². The van der Waals surface area contributed by atoms with Crippen molar-refractivity contribution in [2.75, 3.05) is 7.11 Å². The Balaban J connectivity index is 2.03. The minimum Gasteiger partial charge on any atom is -0.496 e. The number of thioether (sulfide) groups is 1. The summed E-state index contributed by atoms with van der Waals surface area (Å²) >= 11 is 7.43. The molecule has 3 nitrogen and oxygen atoms in total. The Labute approximate surface area is 159 Å². The SMILES string of the molecule is CC[C@@H](NC(=O)[C@@H](C)Sc1ccc(Cl)cc1)c1ccc(OC)c(C)c1. The molecule has 1 N–H and O–H groups in total. The average Bonchev–Trinajstić information content (AvgIpc) is 2.61. The third kappa shape index (κ3) is 5.41. The molecule has 0 heterocycles. The molecule has 0 radical (unpaired) electrons. The van der Waals surface area contributed by atoms with Crippen molar-refractivity contribution in [2.24, 2.45) is 0 Å². The van der Waals surface area contributed by atoms with Crippen LogP contribution in [-0.2, 0) is 4.79 Å². The van der Waals surface area contributed by atoms with Crippen molar-refractivity contribution in [1.82, 2.24) is 5.32 Å². The van der Waals surface area contributed by atoms with Crippen LogP contribution in [0.1, 0.15) is 37.4 Å². The first-order chi connectivity index (χ1) is 11.9. The van der Waals surface area contributed by atoms with E-state index in [0.29, 0.717) is 5.02 Å². The average molecular weight is 378 g/mol. The molecule has 2 atom stereocenters. The van der Waals surface area contributed by atoms with Crippen molar-refractivity contribution in [3.05, 3.63) is 58.6 Å². The first-order valence-corrected chi connectivity index (χ1v) is 9.57. The van der Waals surface area contributed by atoms with Gasteiger partial charge in [-0.3, -0.25) is 4.79 Å². The summed E-state index contributed by atoms with van der Waals surface area (Å²) in [5.74, 6) is 0.886. The molecule has 0 aliphatic heterocycles. The van der Waals surface area contributed by atoms with Crippen LogP contribution in [-0.4, -0.2) is 18.3 Å². The van der Waals surface area contributed by atoms with Crippen LogP contribution in [0.5, 0.6) is 5.75 Å². The van der Waals surface area contributed by atoms with Crippen molar-refractivity contribution < 1.29 is 9.53 Å². The van der Waals surface area contributed by atoms with Gasteiger partial charge in [-0.05, 0) is 61.7 Å². The molecular weight excluding hydrogens is 354 g/mol. The minimum atomic E-state index is -0.186. The summed E-state index contributed by atoms with van der Waals surface area (Å²) in [5.41, 5.74) is 2.16. The Morgan fingerprint density at radius 3 is 2.48 bits per heavy atom. The van der Waals surface area contributed by atoms with Gasteiger partial charge in [-0.15, -0.1) is 11.8 Å². The maximum absolute atomic E-state index is 12.6. The number of rotatable bonds is 7. The number of benzene rings is 2. The predicted octanol–water partition coefficient (Wildman–Crippen LogP) is 5.41. The van der Waals surface area contributed by atoms with E-state index in [9.17, 15) is 4.79 Å². The highest BCUT2D eigenvalue weighted by Gasteiger charge is 2.19. The Hall–Kier alpha value is -1.65. The van der Waals surface area contributed by atoms with Crippen LogP contribution in [0.15, 0.2) is 47.4 Å². The van der Waals surface area contributed by atoms with Gasteiger partial charge in [0, 0.05) is 9.92 Å². The Morgan fingerprint density at radius 1 is 1.24 bits per heavy atom. The van der Waals surface area contributed by atoms with Gasteiger partial charge >= 0.3 is 0 Å². The number of carbonyl (C=O) groups is 1. The molecule has 2 aromatic carbocycles. The fourth-order valence-electron chi connectivity index (χ4n) is 2.60. The molecule has 0 aliphatic carbocycles. The number of hydrogen-bond donors (Lipinski definition) is 1. The number of nitrogens with one attached hydrogen (secondary N) is 1. The number of amides is 1. The fourth-order valence-corrected chi connectivity index (χ4v) is 3.60. The number of halogens is 1. The molecule has 0 saturated carbocycles. The molecule has 5 heteroatoms. The van der Waals surface area contributed by atoms with Crippen LogP contribution >= 0.6 is 23.4 Å². The van der Waals surface area contributed by atoms with E-state index >= 15 is 0 Å². The summed E-state index contributed by atoms with van der Waals surface area (Å²) < 4.78 is 5.31. The van der Waals surface area contributed by atoms with Crippen molar-refractivity contribution in [1.29, 1.82) is 0 Å². The van der Waals surface area contributed by atoms with Gasteiger partial charge in [0.1, 0.15) is 5.75 Å². The fraction of sp³-hybridized carbons (Fsp3) is 0.350. The van der Waals surface area contributed by atoms with E-state index in [-0.39, 0.29) is 17.2 Å². The molecule has 2 rings (SSSR count). The highest BCUT2D eigenvalue weighted by molar-refractivity contribution is 8.00. The lowest BCUT2D eigenvalue weighted by Crippen LogP contribution is -2.34. The normalized spacial score (nSPS) is 13.2. The lowest BCUT2D eigenvalue weighted by Gasteiger charge is -2.21. The Morgan fingerprint density at radius 2 is 1.92 bits per heavy atom. The lowest BCUT2D eigenvalue weighted by atomic mass is 10.0. The second-order valence-electron chi connectivity index (χ2n) is 5.91. The van der Waals surface area contributed by atoms with Crippen LogP contribution in [0.25, 0.3) is 0 Å². The maximum Gasteiger partial charge on any atom is 0.233 e. The van der Waals surface area contributed by atoms with E-state index in [0.717, 1.165) is 28.2 Å². The van der Waals surface area contributed by atoms with E-state index < -0.39 is 0 Å². The van der Waals surface area contributed by atoms with E-state index in [2.05, 4.69) is 18.3 Å². The van der Waals surface area contributed by atoms with Gasteiger partial charge in [-0.1, -0.05) is 30.7 Å². The molecule has 0 saturated heterocycles. The molecular formula is C20H24ClNO2S. The van der Waals surface area contributed by atoms with Crippen LogP contribution in [0.3, 0.4) is 0 Å². The van der Waals surface area contributed by atoms with Crippen molar-refractivity contribution >= 4 is 29.3 Å². The molecule has 134 valence electrons. The Kier molecular flexibility index (Phi) is 7.21. The molecule has 0 aliphatic rings. The van der Waals surface area contributed by atoms with Gasteiger partial charge in [-0.2, -0.15) is 0 Å². The van der Waals surface area contributed by atoms with Crippen molar-refractivity contribution in [3.8, 4) is 5.75 Å². The number of methoxy groups -OCH3 is 1. The van der Waals surface area contributed by atoms with Crippen LogP contribution < -0.4 is 10.1 Å². The van der Waals surface area contributed by atoms with Gasteiger partial charge in [0.05, 0.1) is 18.4 Å². The number of aryl methyl sites for hydroxylation is 1. The summed E-state index contributed by atoms with van der Waals surface area (Å²) in [6.45, 7) is 6.00. The number of hydrogen-bond acceptors (Lipinski definition) is 3. The lowest BCUT2D eigenvalue weighted by molar-refractivity contribution is -0.121. The molecule has 2 aromatic rings. The highest BCUT2D eigenvalue weighted by atomic mass is 35.5. The molecule has 0 bridgehead atoms. The van der Waals surface area contributed by atoms with E-state index in [1.807, 2.05) is 50.2 Å². The molecule has 0 aromatic heterocycles. The van der Waals surface area contributed by atoms with Gasteiger partial charge in [0.25, 0.3) is 0 Å². The summed E-state index contributed by atoms with van der Waals surface area (Å²) in [5, 5.41) is 3.66. The van der Waals surface area contributed by atoms with Gasteiger partial charge in [0.15, 0.2) is 0 Å². The zero-order valence-corrected chi connectivity index (χ0v) is 16.6. The standard InChI is InChI=1S/C20H24ClNO2S/c1-5-18(15-6-11-19(24-4)13(2)12-15)22-20(23)14(3)25-17-9-7-16(21)8-10-17/h6-12,14,18H,5H2,1-4H3,(H,22,23)/t14-,18-/m1/s1. The quantitative estimate of drug-likeness (QED) is 0.656. The Bertz CT molecular complexity index is 718. The van der Waals surface area contributed by atoms with E-state index in [1.165, 1.54) is 11.8 Å². The molecule has 0 unspecified atom stereocenters. The summed E-state index contributed by atoms with van der Waals surface area (Å²) in [6, 6.07) is 13.6. The summed E-state index contributed by atoms with van der Waals surface area (Å²) in [6.07, 6.45) is 0.829. The maximum atomic E-state index is 12.6. The van der Waals surface area contributed by atoms with Gasteiger partial charge in [-0.25, -0.2) is 0 Å². The summed E-state index contributed by atoms with van der Waals surface area (Å²) in [7, 11) is 1.66. The second-order valence-corrected chi connectivity index (χ2v) is 7.76. The molecule has 0 spiro atoms. The topological polar surface area (TPSA) is 38.3 Å². The van der Waals surface area contributed by atoms with E-state index in [1.54, 1.807) is 7.11 Å². The minimum absolute atomic E-state index is 0.00891. The monoisotopic (exact) mass is 377 g/mol. The van der Waals surface area contributed by atoms with Crippen molar-refractivity contribution in [3.63, 3.8) is 0 Å².